The molecular weight excluding hydrogens is 923 g/mol. The summed E-state index contributed by atoms with van der Waals surface area (Å²) in [6, 6.07) is 33.8. The Hall–Kier alpha value is -8.47. The van der Waals surface area contributed by atoms with E-state index in [2.05, 4.69) is 16.0 Å². The zero-order valence-electron chi connectivity index (χ0n) is 40.5. The first kappa shape index (κ1) is 52.9. The minimum Gasteiger partial charge on any atom is -0.493 e. The molecule has 72 heavy (non-hydrogen) atoms. The molecule has 17 nitrogen and oxygen atoms in total. The molecule has 17 heteroatoms. The number of hydrogen-bond acceptors (Lipinski definition) is 12. The molecule has 6 aromatic rings. The number of nitrogens with zero attached hydrogens (tertiary/aromatic N) is 2. The highest BCUT2D eigenvalue weighted by molar-refractivity contribution is 6.00. The number of carbonyl (C=O) groups is 7. The van der Waals surface area contributed by atoms with Crippen LogP contribution in [-0.2, 0) is 46.7 Å². The molecule has 4 aromatic carbocycles. The van der Waals surface area contributed by atoms with Gasteiger partial charge in [-0.15, -0.1) is 0 Å². The van der Waals surface area contributed by atoms with E-state index in [1.165, 1.54) is 12.1 Å². The van der Waals surface area contributed by atoms with Crippen LogP contribution < -0.4 is 20.7 Å². The predicted octanol–water partition coefficient (Wildman–Crippen LogP) is 8.12. The second kappa shape index (κ2) is 27.1. The summed E-state index contributed by atoms with van der Waals surface area (Å²) in [7, 11) is 0. The zero-order valence-corrected chi connectivity index (χ0v) is 40.5. The van der Waals surface area contributed by atoms with Crippen LogP contribution in [0.2, 0.25) is 0 Å². The van der Waals surface area contributed by atoms with E-state index in [9.17, 15) is 33.6 Å². The highest BCUT2D eigenvalue weighted by atomic mass is 16.7. The summed E-state index contributed by atoms with van der Waals surface area (Å²) in [6.45, 7) is 5.30. The molecule has 0 spiro atoms. The van der Waals surface area contributed by atoms with Crippen molar-refractivity contribution in [2.45, 2.75) is 84.6 Å². The maximum absolute atomic E-state index is 13.8. The van der Waals surface area contributed by atoms with Gasteiger partial charge in [0.2, 0.25) is 12.3 Å². The molecule has 3 N–H and O–H groups in total. The standard InChI is InChI=1S/C55H59N5O12/c1-4-7-10-21-43(46(5-2)60(37-61)72-54(66)40-22-25-42(26-23-40)59-30-15-16-31-59)51(63)56-36-57-53(65)48-29-28-47(71-48)41-24-27-44(49(32-41)68-6-3)52(64)58-45(55(67)70-35-39-19-13-9-14-20-39)33-50(62)69-34-38-17-11-8-12-18-38/h8-9,11-20,22-32,37,43,45-46H,4-7,10,21,33-36H2,1-3H3,(H,56,63)(H,57,65)(H,58,64)/t43-,45+,46-/m1/s1. The summed E-state index contributed by atoms with van der Waals surface area (Å²) in [6.07, 6.45) is 6.69. The van der Waals surface area contributed by atoms with Gasteiger partial charge >= 0.3 is 17.9 Å². The van der Waals surface area contributed by atoms with Gasteiger partial charge in [-0.25, -0.2) is 9.59 Å². The van der Waals surface area contributed by atoms with Crippen LogP contribution in [0, 0.1) is 5.92 Å². The van der Waals surface area contributed by atoms with Crippen LogP contribution in [0.3, 0.4) is 0 Å². The van der Waals surface area contributed by atoms with Crippen molar-refractivity contribution < 1.29 is 57.0 Å². The molecule has 3 atom stereocenters. The van der Waals surface area contributed by atoms with E-state index in [-0.39, 0.29) is 61.3 Å². The van der Waals surface area contributed by atoms with Crippen LogP contribution >= 0.6 is 0 Å². The van der Waals surface area contributed by atoms with Gasteiger partial charge in [-0.3, -0.25) is 24.0 Å². The Bertz CT molecular complexity index is 2720. The van der Waals surface area contributed by atoms with Gasteiger partial charge in [0.1, 0.15) is 30.8 Å². The van der Waals surface area contributed by atoms with Gasteiger partial charge < -0.3 is 44.0 Å². The van der Waals surface area contributed by atoms with Gasteiger partial charge in [-0.2, -0.15) is 5.06 Å². The van der Waals surface area contributed by atoms with Crippen molar-refractivity contribution >= 4 is 42.0 Å². The van der Waals surface area contributed by atoms with Crippen LogP contribution in [0.15, 0.2) is 144 Å². The first-order chi connectivity index (χ1) is 35.0. The van der Waals surface area contributed by atoms with Crippen molar-refractivity contribution in [3.8, 4) is 22.8 Å². The van der Waals surface area contributed by atoms with Gasteiger partial charge in [0, 0.05) is 23.6 Å². The number of hydrogen-bond donors (Lipinski definition) is 3. The minimum atomic E-state index is -1.41. The number of nitrogens with one attached hydrogen (secondary N) is 3. The van der Waals surface area contributed by atoms with E-state index in [0.717, 1.165) is 29.2 Å². The van der Waals surface area contributed by atoms with E-state index in [4.69, 9.17) is 23.5 Å². The number of amides is 4. The quantitative estimate of drug-likeness (QED) is 0.0147. The average molecular weight is 982 g/mol. The number of ether oxygens (including phenoxy) is 3. The number of esters is 2. The molecule has 4 amide bonds. The summed E-state index contributed by atoms with van der Waals surface area (Å²) < 4.78 is 24.5. The Labute approximate surface area is 417 Å². The van der Waals surface area contributed by atoms with Gasteiger partial charge in [0.15, 0.2) is 5.76 Å². The van der Waals surface area contributed by atoms with Gasteiger partial charge in [-0.1, -0.05) is 99.8 Å². The second-order valence-corrected chi connectivity index (χ2v) is 16.6. The molecule has 376 valence electrons. The second-order valence-electron chi connectivity index (χ2n) is 16.6. The van der Waals surface area contributed by atoms with E-state index in [1.54, 1.807) is 105 Å². The zero-order chi connectivity index (χ0) is 51.2. The number of unbranched alkanes of at least 4 members (excludes halogenated alkanes) is 2. The third kappa shape index (κ3) is 15.0. The Morgan fingerprint density at radius 2 is 1.42 bits per heavy atom. The fraction of sp³-hybridized carbons (Fsp3) is 0.291. The molecule has 0 aliphatic rings. The van der Waals surface area contributed by atoms with Crippen molar-refractivity contribution in [1.29, 1.82) is 0 Å². The van der Waals surface area contributed by atoms with Crippen molar-refractivity contribution in [2.75, 3.05) is 13.3 Å². The van der Waals surface area contributed by atoms with Crippen molar-refractivity contribution in [2.24, 2.45) is 5.92 Å². The maximum Gasteiger partial charge on any atom is 0.363 e. The van der Waals surface area contributed by atoms with Crippen molar-refractivity contribution in [3.05, 3.63) is 168 Å². The number of hydroxylamine groups is 2. The van der Waals surface area contributed by atoms with Crippen molar-refractivity contribution in [3.63, 3.8) is 0 Å². The molecule has 0 unspecified atom stereocenters. The molecule has 0 fully saturated rings. The first-order valence-corrected chi connectivity index (χ1v) is 23.8. The summed E-state index contributed by atoms with van der Waals surface area (Å²) in [5.74, 6) is -4.64. The lowest BCUT2D eigenvalue weighted by molar-refractivity contribution is -0.171. The third-order valence-electron chi connectivity index (χ3n) is 11.5. The summed E-state index contributed by atoms with van der Waals surface area (Å²) in [4.78, 5) is 98.4. The monoisotopic (exact) mass is 981 g/mol. The van der Waals surface area contributed by atoms with Gasteiger partial charge in [-0.05, 0) is 91.6 Å². The normalized spacial score (nSPS) is 12.0. The molecule has 6 rings (SSSR count). The molecule has 0 aliphatic heterocycles. The first-order valence-electron chi connectivity index (χ1n) is 23.8. The predicted molar refractivity (Wildman–Crippen MR) is 265 cm³/mol. The molecule has 0 radical (unpaired) electrons. The van der Waals surface area contributed by atoms with Gasteiger partial charge in [0.05, 0.1) is 42.8 Å². The highest BCUT2D eigenvalue weighted by Crippen LogP contribution is 2.30. The molecule has 0 saturated carbocycles. The van der Waals surface area contributed by atoms with E-state index < -0.39 is 60.1 Å². The SMILES string of the molecule is CCCCC[C@@H](C(=O)NCNC(=O)c1ccc(-c2ccc(C(=O)N[C@@H](CC(=O)OCc3ccccc3)C(=O)OCc3ccccc3)c(OCC)c2)o1)[C@@H](CC)N(C=O)OC(=O)c1ccc(-n2cccc2)cc1. The lowest BCUT2D eigenvalue weighted by atomic mass is 9.90. The van der Waals surface area contributed by atoms with Crippen LogP contribution in [0.1, 0.15) is 102 Å². The average Bonchev–Trinajstić information content (AvgIpc) is 4.14. The lowest BCUT2D eigenvalue weighted by Gasteiger charge is -2.31. The molecule has 0 aliphatic carbocycles. The third-order valence-corrected chi connectivity index (χ3v) is 11.5. The number of rotatable bonds is 27. The van der Waals surface area contributed by atoms with E-state index in [1.807, 2.05) is 48.1 Å². The molecule has 2 heterocycles. The van der Waals surface area contributed by atoms with Crippen LogP contribution in [0.25, 0.3) is 17.0 Å². The molecule has 0 bridgehead atoms. The Balaban J connectivity index is 1.08. The maximum atomic E-state index is 13.8. The highest BCUT2D eigenvalue weighted by Gasteiger charge is 2.34. The smallest absolute Gasteiger partial charge is 0.363 e. The Morgan fingerprint density at radius 3 is 2.06 bits per heavy atom. The van der Waals surface area contributed by atoms with Crippen LogP contribution in [-0.4, -0.2) is 77.0 Å². The van der Waals surface area contributed by atoms with Crippen LogP contribution in [0.5, 0.6) is 5.75 Å². The largest absolute Gasteiger partial charge is 0.493 e. The number of benzene rings is 4. The molecule has 0 saturated heterocycles. The minimum absolute atomic E-state index is 0.0294. The Kier molecular flexibility index (Phi) is 19.9. The number of carbonyl (C=O) groups excluding carboxylic acids is 7. The van der Waals surface area contributed by atoms with Crippen molar-refractivity contribution in [1.82, 2.24) is 25.6 Å². The molecular formula is C55H59N5O12. The van der Waals surface area contributed by atoms with E-state index in [0.29, 0.717) is 30.4 Å². The fourth-order valence-corrected chi connectivity index (χ4v) is 7.75. The Morgan fingerprint density at radius 1 is 0.736 bits per heavy atom. The lowest BCUT2D eigenvalue weighted by Crippen LogP contribution is -2.49. The molecule has 2 aromatic heterocycles. The fourth-order valence-electron chi connectivity index (χ4n) is 7.75. The van der Waals surface area contributed by atoms with E-state index >= 15 is 0 Å². The summed E-state index contributed by atoms with van der Waals surface area (Å²) in [5.41, 5.74) is 3.00. The summed E-state index contributed by atoms with van der Waals surface area (Å²) in [5, 5.41) is 8.88. The van der Waals surface area contributed by atoms with Crippen LogP contribution in [0.4, 0.5) is 0 Å². The number of aromatic nitrogens is 1. The van der Waals surface area contributed by atoms with Gasteiger partial charge in [0.25, 0.3) is 11.8 Å². The summed E-state index contributed by atoms with van der Waals surface area (Å²) >= 11 is 0. The topological polar surface area (TPSA) is 214 Å². The number of furan rings is 1.